The van der Waals surface area contributed by atoms with E-state index in [0.717, 1.165) is 28.6 Å². The Kier molecular flexibility index (Phi) is 3.90. The molecule has 6 heteroatoms. The van der Waals surface area contributed by atoms with Gasteiger partial charge in [-0.15, -0.1) is 0 Å². The third-order valence-corrected chi connectivity index (χ3v) is 3.81. The number of hydrogen-bond donors (Lipinski definition) is 1. The van der Waals surface area contributed by atoms with Gasteiger partial charge in [-0.1, -0.05) is 29.8 Å². The summed E-state index contributed by atoms with van der Waals surface area (Å²) >= 11 is 6.00. The number of nitrogens with one attached hydrogen (secondary N) is 1. The zero-order valence-electron chi connectivity index (χ0n) is 12.1. The van der Waals surface area contributed by atoms with Gasteiger partial charge in [0.2, 0.25) is 0 Å². The lowest BCUT2D eigenvalue weighted by atomic mass is 10.1. The summed E-state index contributed by atoms with van der Waals surface area (Å²) in [5, 5.41) is 4.07. The van der Waals surface area contributed by atoms with E-state index in [1.807, 2.05) is 31.2 Å². The van der Waals surface area contributed by atoms with E-state index in [1.165, 1.54) is 6.07 Å². The SMILES string of the molecule is Cc1cc(Nc2cc(C(F)(F)F)ccc2Cl)nc2ccccc12. The number of rotatable bonds is 2. The monoisotopic (exact) mass is 336 g/mol. The summed E-state index contributed by atoms with van der Waals surface area (Å²) in [4.78, 5) is 4.41. The van der Waals surface area contributed by atoms with Gasteiger partial charge < -0.3 is 5.32 Å². The van der Waals surface area contributed by atoms with E-state index >= 15 is 0 Å². The Labute approximate surface area is 135 Å². The van der Waals surface area contributed by atoms with Gasteiger partial charge in [-0.2, -0.15) is 13.2 Å². The van der Waals surface area contributed by atoms with Crippen molar-refractivity contribution in [1.82, 2.24) is 4.98 Å². The van der Waals surface area contributed by atoms with Crippen LogP contribution in [0.3, 0.4) is 0 Å². The second-order valence-corrected chi connectivity index (χ2v) is 5.57. The van der Waals surface area contributed by atoms with Crippen molar-refractivity contribution in [2.75, 3.05) is 5.32 Å². The maximum atomic E-state index is 12.8. The summed E-state index contributed by atoms with van der Waals surface area (Å²) in [7, 11) is 0. The summed E-state index contributed by atoms with van der Waals surface area (Å²) in [5.74, 6) is 0.447. The average molecular weight is 337 g/mol. The number of nitrogens with zero attached hydrogens (tertiary/aromatic N) is 1. The van der Waals surface area contributed by atoms with Crippen LogP contribution >= 0.6 is 11.6 Å². The highest BCUT2D eigenvalue weighted by molar-refractivity contribution is 6.33. The van der Waals surface area contributed by atoms with Crippen LogP contribution in [0.1, 0.15) is 11.1 Å². The number of benzene rings is 2. The Bertz CT molecular complexity index is 875. The van der Waals surface area contributed by atoms with E-state index in [4.69, 9.17) is 11.6 Å². The molecule has 1 N–H and O–H groups in total. The molecule has 0 amide bonds. The standard InChI is InChI=1S/C17H12ClF3N2/c1-10-8-16(22-14-5-3-2-4-12(10)14)23-15-9-11(17(19,20)21)6-7-13(15)18/h2-9H,1H3,(H,22,23). The summed E-state index contributed by atoms with van der Waals surface area (Å²) in [6.45, 7) is 1.92. The fraction of sp³-hybridized carbons (Fsp3) is 0.118. The van der Waals surface area contributed by atoms with Gasteiger partial charge in [-0.05, 0) is 42.8 Å². The molecule has 0 atom stereocenters. The summed E-state index contributed by atoms with van der Waals surface area (Å²) in [6, 6.07) is 12.5. The van der Waals surface area contributed by atoms with Crippen LogP contribution in [-0.2, 0) is 6.18 Å². The Hall–Kier alpha value is -2.27. The van der Waals surface area contributed by atoms with Crippen molar-refractivity contribution >= 4 is 34.0 Å². The van der Waals surface area contributed by atoms with Crippen LogP contribution in [0.5, 0.6) is 0 Å². The molecule has 2 nitrogen and oxygen atoms in total. The number of halogens is 4. The molecule has 3 aromatic rings. The molecule has 1 heterocycles. The molecule has 23 heavy (non-hydrogen) atoms. The molecule has 0 aliphatic heterocycles. The normalized spacial score (nSPS) is 11.7. The van der Waals surface area contributed by atoms with Crippen molar-refractivity contribution in [3.05, 3.63) is 64.7 Å². The number of para-hydroxylation sites is 1. The van der Waals surface area contributed by atoms with E-state index in [-0.39, 0.29) is 10.7 Å². The number of aromatic nitrogens is 1. The third kappa shape index (κ3) is 3.24. The fourth-order valence-electron chi connectivity index (χ4n) is 2.35. The van der Waals surface area contributed by atoms with E-state index in [1.54, 1.807) is 6.07 Å². The first-order chi connectivity index (χ1) is 10.8. The van der Waals surface area contributed by atoms with Crippen molar-refractivity contribution in [2.24, 2.45) is 0 Å². The molecule has 0 fully saturated rings. The van der Waals surface area contributed by atoms with Crippen LogP contribution in [0.4, 0.5) is 24.7 Å². The highest BCUT2D eigenvalue weighted by atomic mass is 35.5. The molecule has 0 aliphatic carbocycles. The lowest BCUT2D eigenvalue weighted by Crippen LogP contribution is -2.06. The summed E-state index contributed by atoms with van der Waals surface area (Å²) in [5.41, 5.74) is 1.14. The van der Waals surface area contributed by atoms with Crippen LogP contribution < -0.4 is 5.32 Å². The molecule has 0 saturated heterocycles. The maximum absolute atomic E-state index is 12.8. The van der Waals surface area contributed by atoms with E-state index < -0.39 is 11.7 Å². The van der Waals surface area contributed by atoms with Gasteiger partial charge in [-0.3, -0.25) is 0 Å². The predicted molar refractivity (Wildman–Crippen MR) is 86.2 cm³/mol. The van der Waals surface area contributed by atoms with Crippen LogP contribution in [0.25, 0.3) is 10.9 Å². The molecule has 0 unspecified atom stereocenters. The van der Waals surface area contributed by atoms with E-state index in [2.05, 4.69) is 10.3 Å². The van der Waals surface area contributed by atoms with Crippen LogP contribution in [0.2, 0.25) is 5.02 Å². The second-order valence-electron chi connectivity index (χ2n) is 5.16. The zero-order chi connectivity index (χ0) is 16.6. The van der Waals surface area contributed by atoms with Gasteiger partial charge in [-0.25, -0.2) is 4.98 Å². The molecule has 0 spiro atoms. The van der Waals surface area contributed by atoms with E-state index in [9.17, 15) is 13.2 Å². The highest BCUT2D eigenvalue weighted by Crippen LogP contribution is 2.35. The van der Waals surface area contributed by atoms with Gasteiger partial charge in [0.15, 0.2) is 0 Å². The first-order valence-corrected chi connectivity index (χ1v) is 7.22. The van der Waals surface area contributed by atoms with Crippen molar-refractivity contribution in [3.8, 4) is 0 Å². The molecule has 0 aliphatic rings. The molecular weight excluding hydrogens is 325 g/mol. The number of hydrogen-bond acceptors (Lipinski definition) is 2. The van der Waals surface area contributed by atoms with Gasteiger partial charge in [0.25, 0.3) is 0 Å². The topological polar surface area (TPSA) is 24.9 Å². The predicted octanol–water partition coefficient (Wildman–Crippen LogP) is 5.96. The third-order valence-electron chi connectivity index (χ3n) is 3.48. The van der Waals surface area contributed by atoms with Crippen LogP contribution in [-0.4, -0.2) is 4.98 Å². The molecular formula is C17H12ClF3N2. The molecule has 118 valence electrons. The Morgan fingerprint density at radius 1 is 1.04 bits per heavy atom. The molecule has 0 radical (unpaired) electrons. The molecule has 1 aromatic heterocycles. The molecule has 0 saturated carbocycles. The first kappa shape index (κ1) is 15.6. The number of anilines is 2. The van der Waals surface area contributed by atoms with Crippen molar-refractivity contribution in [3.63, 3.8) is 0 Å². The summed E-state index contributed by atoms with van der Waals surface area (Å²) in [6.07, 6.45) is -4.42. The van der Waals surface area contributed by atoms with Gasteiger partial charge in [0.05, 0.1) is 21.8 Å². The van der Waals surface area contributed by atoms with Crippen molar-refractivity contribution in [2.45, 2.75) is 13.1 Å². The minimum absolute atomic E-state index is 0.170. The Morgan fingerprint density at radius 2 is 1.78 bits per heavy atom. The molecule has 3 rings (SSSR count). The Balaban J connectivity index is 2.02. The lowest BCUT2D eigenvalue weighted by Gasteiger charge is -2.13. The van der Waals surface area contributed by atoms with Crippen LogP contribution in [0.15, 0.2) is 48.5 Å². The van der Waals surface area contributed by atoms with Gasteiger partial charge in [0.1, 0.15) is 5.82 Å². The quantitative estimate of drug-likeness (QED) is 0.624. The van der Waals surface area contributed by atoms with Gasteiger partial charge in [0, 0.05) is 5.39 Å². The smallest absolute Gasteiger partial charge is 0.339 e. The Morgan fingerprint density at radius 3 is 2.52 bits per heavy atom. The minimum atomic E-state index is -4.42. The number of pyridine rings is 1. The highest BCUT2D eigenvalue weighted by Gasteiger charge is 2.31. The first-order valence-electron chi connectivity index (χ1n) is 6.85. The van der Waals surface area contributed by atoms with E-state index in [0.29, 0.717) is 5.82 Å². The number of aryl methyl sites for hydroxylation is 1. The largest absolute Gasteiger partial charge is 0.416 e. The van der Waals surface area contributed by atoms with Crippen molar-refractivity contribution in [1.29, 1.82) is 0 Å². The average Bonchev–Trinajstić information content (AvgIpc) is 2.48. The number of fused-ring (bicyclic) bond motifs is 1. The molecule has 2 aromatic carbocycles. The van der Waals surface area contributed by atoms with Crippen LogP contribution in [0, 0.1) is 6.92 Å². The van der Waals surface area contributed by atoms with Gasteiger partial charge >= 0.3 is 6.18 Å². The maximum Gasteiger partial charge on any atom is 0.416 e. The lowest BCUT2D eigenvalue weighted by molar-refractivity contribution is -0.137. The zero-order valence-corrected chi connectivity index (χ0v) is 12.8. The number of alkyl halides is 3. The minimum Gasteiger partial charge on any atom is -0.339 e. The second kappa shape index (κ2) is 5.74. The van der Waals surface area contributed by atoms with Crippen molar-refractivity contribution < 1.29 is 13.2 Å². The summed E-state index contributed by atoms with van der Waals surface area (Å²) < 4.78 is 38.5. The molecule has 0 bridgehead atoms. The fourth-order valence-corrected chi connectivity index (χ4v) is 2.51.